The number of nitrogens with two attached hydrogens (primary N) is 1. The Morgan fingerprint density at radius 3 is 2.71 bits per heavy atom. The zero-order valence-corrected chi connectivity index (χ0v) is 17.5. The van der Waals surface area contributed by atoms with Crippen LogP contribution in [0.3, 0.4) is 0 Å². The Hall–Kier alpha value is -2.86. The highest BCUT2D eigenvalue weighted by Gasteiger charge is 2.35. The topological polar surface area (TPSA) is 132 Å². The predicted octanol–water partition coefficient (Wildman–Crippen LogP) is 1.91. The molecule has 0 unspecified atom stereocenters. The molecular weight excluding hydrogens is 452 g/mol. The number of likely N-dealkylation sites (tertiary alicyclic amines) is 1. The van der Waals surface area contributed by atoms with Gasteiger partial charge in [0.2, 0.25) is 0 Å². The van der Waals surface area contributed by atoms with Crippen molar-refractivity contribution in [3.8, 4) is 17.3 Å². The van der Waals surface area contributed by atoms with E-state index in [1.54, 1.807) is 24.3 Å². The van der Waals surface area contributed by atoms with Crippen LogP contribution in [0.4, 0.5) is 4.39 Å². The molecule has 1 aromatic carbocycles. The lowest BCUT2D eigenvalue weighted by Gasteiger charge is -2.11. The van der Waals surface area contributed by atoms with Gasteiger partial charge in [-0.05, 0) is 35.5 Å². The van der Waals surface area contributed by atoms with Crippen LogP contribution < -0.4 is 10.5 Å². The van der Waals surface area contributed by atoms with E-state index in [2.05, 4.69) is 20.4 Å². The van der Waals surface area contributed by atoms with Gasteiger partial charge in [0.15, 0.2) is 11.6 Å². The lowest BCUT2D eigenvalue weighted by atomic mass is 10.1. The number of carboxylic acids is 1. The summed E-state index contributed by atoms with van der Waals surface area (Å²) in [6.07, 6.45) is 1.29. The van der Waals surface area contributed by atoms with E-state index >= 15 is 0 Å². The highest BCUT2D eigenvalue weighted by Crippen LogP contribution is 2.25. The molecule has 1 fully saturated rings. The lowest BCUT2D eigenvalue weighted by Crippen LogP contribution is -2.33. The summed E-state index contributed by atoms with van der Waals surface area (Å²) in [5.74, 6) is -1.54. The van der Waals surface area contributed by atoms with Crippen molar-refractivity contribution < 1.29 is 19.0 Å². The molecule has 3 N–H and O–H groups in total. The summed E-state index contributed by atoms with van der Waals surface area (Å²) in [5, 5.41) is 21.7. The second-order valence-corrected chi connectivity index (χ2v) is 7.27. The van der Waals surface area contributed by atoms with Crippen molar-refractivity contribution in [2.24, 2.45) is 11.7 Å². The number of hydrogen-bond donors (Lipinski definition) is 2. The maximum atomic E-state index is 13.8. The summed E-state index contributed by atoms with van der Waals surface area (Å²) < 4.78 is 19.2. The van der Waals surface area contributed by atoms with E-state index in [4.69, 9.17) is 27.2 Å². The molecule has 0 aliphatic carbocycles. The van der Waals surface area contributed by atoms with Crippen LogP contribution in [0.5, 0.6) is 11.6 Å². The summed E-state index contributed by atoms with van der Waals surface area (Å²) in [4.78, 5) is 18.2. The Bertz CT molecular complexity index is 1070. The molecule has 0 spiro atoms. The summed E-state index contributed by atoms with van der Waals surface area (Å²) >= 11 is 5.68. The normalized spacial score (nSPS) is 18.5. The molecular formula is C18H18Cl2FN7O3. The van der Waals surface area contributed by atoms with Crippen LogP contribution in [-0.4, -0.2) is 60.3 Å². The van der Waals surface area contributed by atoms with Gasteiger partial charge in [-0.3, -0.25) is 9.69 Å². The van der Waals surface area contributed by atoms with E-state index in [1.165, 1.54) is 11.0 Å². The van der Waals surface area contributed by atoms with E-state index < -0.39 is 23.7 Å². The molecule has 0 radical (unpaired) electrons. The molecule has 2 aromatic heterocycles. The number of hydrogen-bond acceptors (Lipinski definition) is 8. The summed E-state index contributed by atoms with van der Waals surface area (Å²) in [6.45, 7) is 1.14. The zero-order valence-electron chi connectivity index (χ0n) is 15.9. The Morgan fingerprint density at radius 2 is 2.06 bits per heavy atom. The summed E-state index contributed by atoms with van der Waals surface area (Å²) in [5.41, 5.74) is 6.49. The van der Waals surface area contributed by atoms with Crippen LogP contribution in [0.15, 0.2) is 36.5 Å². The number of carboxylic acid groups (broad SMARTS) is 1. The zero-order chi connectivity index (χ0) is 21.3. The number of rotatable bonds is 6. The van der Waals surface area contributed by atoms with Crippen molar-refractivity contribution in [3.05, 3.63) is 53.2 Å². The fraction of sp³-hybridized carbons (Fsp3) is 0.278. The average molecular weight is 470 g/mol. The van der Waals surface area contributed by atoms with Crippen LogP contribution in [0, 0.1) is 11.7 Å². The van der Waals surface area contributed by atoms with Gasteiger partial charge in [-0.1, -0.05) is 11.6 Å². The van der Waals surface area contributed by atoms with Crippen molar-refractivity contribution >= 4 is 30.0 Å². The molecule has 1 aliphatic rings. The molecule has 0 saturated carbocycles. The number of aromatic nitrogens is 5. The number of carbonyl (C=O) groups is 1. The highest BCUT2D eigenvalue weighted by molar-refractivity contribution is 6.30. The fourth-order valence-electron chi connectivity index (χ4n) is 3.16. The second kappa shape index (κ2) is 9.52. The van der Waals surface area contributed by atoms with Crippen molar-refractivity contribution in [1.82, 2.24) is 30.1 Å². The first-order chi connectivity index (χ1) is 14.4. The smallest absolute Gasteiger partial charge is 0.309 e. The van der Waals surface area contributed by atoms with Crippen LogP contribution >= 0.6 is 24.0 Å². The third-order valence-electron chi connectivity index (χ3n) is 4.63. The van der Waals surface area contributed by atoms with E-state index in [0.29, 0.717) is 36.9 Å². The van der Waals surface area contributed by atoms with Gasteiger partial charge >= 0.3 is 5.97 Å². The van der Waals surface area contributed by atoms with Gasteiger partial charge in [0, 0.05) is 25.3 Å². The van der Waals surface area contributed by atoms with Crippen LogP contribution in [-0.2, 0) is 11.3 Å². The SMILES string of the molecule is Cl.N[C@H]1CN(Cc2nnn(-c3ccc(Oc4ncc(Cl)cc4F)cc3)n2)C[C@H]1C(=O)O. The number of benzene rings is 1. The molecule has 1 aliphatic heterocycles. The first-order valence-corrected chi connectivity index (χ1v) is 9.36. The molecule has 4 rings (SSSR count). The number of halogens is 3. The third kappa shape index (κ3) is 5.25. The minimum Gasteiger partial charge on any atom is -0.481 e. The van der Waals surface area contributed by atoms with Crippen molar-refractivity contribution in [2.75, 3.05) is 13.1 Å². The molecule has 31 heavy (non-hydrogen) atoms. The summed E-state index contributed by atoms with van der Waals surface area (Å²) in [6, 6.07) is 7.29. The molecule has 3 heterocycles. The van der Waals surface area contributed by atoms with Gasteiger partial charge in [-0.2, -0.15) is 0 Å². The predicted molar refractivity (Wildman–Crippen MR) is 110 cm³/mol. The molecule has 164 valence electrons. The maximum absolute atomic E-state index is 13.8. The van der Waals surface area contributed by atoms with Crippen molar-refractivity contribution in [3.63, 3.8) is 0 Å². The molecule has 13 heteroatoms. The summed E-state index contributed by atoms with van der Waals surface area (Å²) in [7, 11) is 0. The minimum absolute atomic E-state index is 0. The first kappa shape index (κ1) is 22.8. The van der Waals surface area contributed by atoms with Crippen LogP contribution in [0.1, 0.15) is 5.82 Å². The average Bonchev–Trinajstić information content (AvgIpc) is 3.31. The van der Waals surface area contributed by atoms with E-state index in [1.807, 2.05) is 4.90 Å². The number of aliphatic carboxylic acids is 1. The Balaban J connectivity index is 0.00000272. The third-order valence-corrected chi connectivity index (χ3v) is 4.84. The molecule has 3 aromatic rings. The van der Waals surface area contributed by atoms with E-state index in [-0.39, 0.29) is 23.3 Å². The van der Waals surface area contributed by atoms with Crippen LogP contribution in [0.25, 0.3) is 5.69 Å². The number of pyridine rings is 1. The standard InChI is InChI=1S/C18H17ClFN7O3.ClH/c19-10-5-14(20)17(22-6-10)30-12-3-1-11(2-4-12)27-24-16(23-25-27)9-26-7-13(18(28)29)15(21)8-26;/h1-6,13,15H,7-9,21H2,(H,28,29);1H/t13-,15+;/m1./s1. The maximum Gasteiger partial charge on any atom is 0.309 e. The first-order valence-electron chi connectivity index (χ1n) is 8.98. The monoisotopic (exact) mass is 469 g/mol. The highest BCUT2D eigenvalue weighted by atomic mass is 35.5. The second-order valence-electron chi connectivity index (χ2n) is 6.83. The quantitative estimate of drug-likeness (QED) is 0.554. The Kier molecular flexibility index (Phi) is 7.01. The Labute approximate surface area is 187 Å². The molecule has 10 nitrogen and oxygen atoms in total. The van der Waals surface area contributed by atoms with Gasteiger partial charge in [0.05, 0.1) is 23.2 Å². The van der Waals surface area contributed by atoms with E-state index in [0.717, 1.165) is 6.07 Å². The molecule has 2 atom stereocenters. The largest absolute Gasteiger partial charge is 0.481 e. The van der Waals surface area contributed by atoms with Gasteiger partial charge in [0.25, 0.3) is 5.88 Å². The van der Waals surface area contributed by atoms with Crippen LogP contribution in [0.2, 0.25) is 5.02 Å². The van der Waals surface area contributed by atoms with Crippen molar-refractivity contribution in [1.29, 1.82) is 0 Å². The van der Waals surface area contributed by atoms with Gasteiger partial charge < -0.3 is 15.6 Å². The minimum atomic E-state index is -0.905. The van der Waals surface area contributed by atoms with Crippen molar-refractivity contribution in [2.45, 2.75) is 12.6 Å². The number of tetrazole rings is 1. The van der Waals surface area contributed by atoms with Gasteiger partial charge in [-0.25, -0.2) is 9.37 Å². The number of ether oxygens (including phenoxy) is 1. The fourth-order valence-corrected chi connectivity index (χ4v) is 3.30. The number of nitrogens with zero attached hydrogens (tertiary/aromatic N) is 6. The van der Waals surface area contributed by atoms with Gasteiger partial charge in [-0.15, -0.1) is 27.4 Å². The molecule has 0 bridgehead atoms. The molecule has 0 amide bonds. The van der Waals surface area contributed by atoms with Gasteiger partial charge in [0.1, 0.15) is 5.75 Å². The Morgan fingerprint density at radius 1 is 1.32 bits per heavy atom. The lowest BCUT2D eigenvalue weighted by molar-refractivity contribution is -0.141. The van der Waals surface area contributed by atoms with E-state index in [9.17, 15) is 9.18 Å². The molecule has 1 saturated heterocycles.